The van der Waals surface area contributed by atoms with Gasteiger partial charge in [0.2, 0.25) is 10.0 Å². The van der Waals surface area contributed by atoms with Gasteiger partial charge in [-0.15, -0.1) is 0 Å². The van der Waals surface area contributed by atoms with Crippen molar-refractivity contribution in [1.82, 2.24) is 20.0 Å². The number of pyridine rings is 1. The maximum atomic E-state index is 12.7. The summed E-state index contributed by atoms with van der Waals surface area (Å²) in [6.07, 6.45) is 4.90. The Kier molecular flexibility index (Phi) is 4.67. The van der Waals surface area contributed by atoms with Crippen LogP contribution in [0.15, 0.2) is 29.4 Å². The van der Waals surface area contributed by atoms with E-state index in [0.29, 0.717) is 24.2 Å². The Hall–Kier alpha value is -1.48. The van der Waals surface area contributed by atoms with Gasteiger partial charge >= 0.3 is 0 Å². The molecule has 0 atom stereocenters. The lowest BCUT2D eigenvalue weighted by Crippen LogP contribution is -2.47. The summed E-state index contributed by atoms with van der Waals surface area (Å²) in [5.41, 5.74) is 0.415. The lowest BCUT2D eigenvalue weighted by atomic mass is 9.80. The van der Waals surface area contributed by atoms with E-state index in [0.717, 1.165) is 25.9 Å². The fraction of sp³-hybridized carbons (Fsp3) is 0.533. The molecule has 8 heteroatoms. The van der Waals surface area contributed by atoms with Crippen LogP contribution in [0.4, 0.5) is 0 Å². The molecule has 2 aromatic rings. The molecular formula is C15H22N4O3S. The molecule has 1 aliphatic heterocycles. The smallest absolute Gasteiger partial charge is 0.242 e. The normalized spacial score (nSPS) is 18.3. The highest BCUT2D eigenvalue weighted by atomic mass is 32.2. The molecular weight excluding hydrogens is 316 g/mol. The van der Waals surface area contributed by atoms with Gasteiger partial charge in [0.25, 0.3) is 0 Å². The molecule has 0 bridgehead atoms. The number of nitrogens with zero attached hydrogens (tertiary/aromatic N) is 1. The van der Waals surface area contributed by atoms with Gasteiger partial charge in [0.15, 0.2) is 0 Å². The fourth-order valence-corrected chi connectivity index (χ4v) is 4.43. The van der Waals surface area contributed by atoms with Gasteiger partial charge in [0.1, 0.15) is 10.5 Å². The molecule has 0 aromatic carbocycles. The molecule has 23 heavy (non-hydrogen) atoms. The second-order valence-corrected chi connectivity index (χ2v) is 7.80. The van der Waals surface area contributed by atoms with Crippen molar-refractivity contribution in [3.63, 3.8) is 0 Å². The molecule has 0 unspecified atom stereocenters. The van der Waals surface area contributed by atoms with Crippen molar-refractivity contribution in [3.8, 4) is 0 Å². The molecule has 0 spiro atoms. The molecule has 7 nitrogen and oxygen atoms in total. The van der Waals surface area contributed by atoms with Crippen molar-refractivity contribution in [1.29, 1.82) is 0 Å². The lowest BCUT2D eigenvalue weighted by Gasteiger charge is -2.37. The van der Waals surface area contributed by atoms with E-state index in [-0.39, 0.29) is 10.3 Å². The van der Waals surface area contributed by atoms with Crippen LogP contribution in [0.5, 0.6) is 0 Å². The second-order valence-electron chi connectivity index (χ2n) is 6.06. The molecule has 2 aromatic heterocycles. The van der Waals surface area contributed by atoms with Crippen LogP contribution in [0.1, 0.15) is 12.8 Å². The van der Waals surface area contributed by atoms with E-state index in [1.807, 2.05) is 0 Å². The van der Waals surface area contributed by atoms with Crippen molar-refractivity contribution < 1.29 is 13.2 Å². The highest BCUT2D eigenvalue weighted by Crippen LogP contribution is 2.29. The molecule has 0 aliphatic carbocycles. The zero-order chi connectivity index (χ0) is 16.3. The van der Waals surface area contributed by atoms with Crippen molar-refractivity contribution >= 4 is 21.1 Å². The minimum Gasteiger partial charge on any atom is -0.384 e. The van der Waals surface area contributed by atoms with Crippen LogP contribution < -0.4 is 10.0 Å². The Labute approximate surface area is 135 Å². The second kappa shape index (κ2) is 6.56. The summed E-state index contributed by atoms with van der Waals surface area (Å²) in [5, 5.41) is 3.90. The Balaban J connectivity index is 1.80. The third-order valence-electron chi connectivity index (χ3n) is 4.45. The summed E-state index contributed by atoms with van der Waals surface area (Å²) in [5.74, 6) is 0. The molecule has 3 N–H and O–H groups in total. The Morgan fingerprint density at radius 1 is 1.39 bits per heavy atom. The van der Waals surface area contributed by atoms with E-state index < -0.39 is 10.0 Å². The van der Waals surface area contributed by atoms with Gasteiger partial charge in [-0.1, -0.05) is 0 Å². The zero-order valence-electron chi connectivity index (χ0n) is 13.1. The highest BCUT2D eigenvalue weighted by molar-refractivity contribution is 7.89. The summed E-state index contributed by atoms with van der Waals surface area (Å²) < 4.78 is 33.5. The minimum absolute atomic E-state index is 0.155. The first-order valence-electron chi connectivity index (χ1n) is 7.68. The maximum absolute atomic E-state index is 12.7. The molecule has 0 saturated carbocycles. The number of H-pyrrole nitrogens is 1. The number of hydrogen-bond acceptors (Lipinski definition) is 5. The molecule has 1 saturated heterocycles. The first kappa shape index (κ1) is 16.4. The van der Waals surface area contributed by atoms with E-state index in [2.05, 4.69) is 20.0 Å². The van der Waals surface area contributed by atoms with Crippen molar-refractivity contribution in [3.05, 3.63) is 24.5 Å². The van der Waals surface area contributed by atoms with Crippen LogP contribution in [0.25, 0.3) is 11.0 Å². The maximum Gasteiger partial charge on any atom is 0.242 e. The summed E-state index contributed by atoms with van der Waals surface area (Å²) >= 11 is 0. The monoisotopic (exact) mass is 338 g/mol. The third kappa shape index (κ3) is 3.40. The first-order valence-corrected chi connectivity index (χ1v) is 9.16. The number of methoxy groups -OCH3 is 1. The first-order chi connectivity index (χ1) is 11.1. The minimum atomic E-state index is -3.60. The van der Waals surface area contributed by atoms with Gasteiger partial charge in [-0.05, 0) is 38.1 Å². The van der Waals surface area contributed by atoms with Crippen molar-refractivity contribution in [2.24, 2.45) is 5.41 Å². The van der Waals surface area contributed by atoms with E-state index in [4.69, 9.17) is 4.74 Å². The number of rotatable bonds is 6. The molecule has 1 aliphatic rings. The zero-order valence-corrected chi connectivity index (χ0v) is 13.9. The van der Waals surface area contributed by atoms with Crippen molar-refractivity contribution in [2.45, 2.75) is 17.7 Å². The van der Waals surface area contributed by atoms with Crippen molar-refractivity contribution in [2.75, 3.05) is 33.4 Å². The molecule has 0 radical (unpaired) electrons. The molecule has 3 heterocycles. The van der Waals surface area contributed by atoms with Gasteiger partial charge in [-0.3, -0.25) is 0 Å². The van der Waals surface area contributed by atoms with Crippen LogP contribution in [0.3, 0.4) is 0 Å². The predicted octanol–water partition coefficient (Wildman–Crippen LogP) is 0.857. The molecule has 1 fully saturated rings. The van der Waals surface area contributed by atoms with E-state index >= 15 is 0 Å². The highest BCUT2D eigenvalue weighted by Gasteiger charge is 2.34. The van der Waals surface area contributed by atoms with Gasteiger partial charge in [0.05, 0.1) is 6.61 Å². The van der Waals surface area contributed by atoms with Crippen LogP contribution in [-0.4, -0.2) is 51.7 Å². The summed E-state index contributed by atoms with van der Waals surface area (Å²) in [6, 6.07) is 3.48. The molecule has 0 amide bonds. The van der Waals surface area contributed by atoms with E-state index in [1.54, 1.807) is 25.4 Å². The standard InChI is InChI=1S/C15H22N4O3S/c1-22-11-15(4-7-16-8-5-15)10-19-23(20,21)13-9-18-14-12(13)3-2-6-17-14/h2-3,6,9,16,19H,4-5,7-8,10-11H2,1H3,(H,17,18). The lowest BCUT2D eigenvalue weighted by molar-refractivity contribution is 0.0577. The number of piperidine rings is 1. The predicted molar refractivity (Wildman–Crippen MR) is 87.7 cm³/mol. The average molecular weight is 338 g/mol. The molecule has 3 rings (SSSR count). The number of hydrogen-bond donors (Lipinski definition) is 3. The van der Waals surface area contributed by atoms with Gasteiger partial charge < -0.3 is 15.0 Å². The largest absolute Gasteiger partial charge is 0.384 e. The van der Waals surface area contributed by atoms with Crippen LogP contribution in [0, 0.1) is 5.41 Å². The van der Waals surface area contributed by atoms with Crippen LogP contribution in [-0.2, 0) is 14.8 Å². The number of sulfonamides is 1. The third-order valence-corrected chi connectivity index (χ3v) is 5.90. The van der Waals surface area contributed by atoms with Gasteiger partial charge in [0, 0.05) is 36.8 Å². The number of ether oxygens (including phenoxy) is 1. The SMILES string of the molecule is COCC1(CNS(=O)(=O)c2c[nH]c3ncccc23)CCNCC1. The van der Waals surface area contributed by atoms with Gasteiger partial charge in [-0.25, -0.2) is 18.1 Å². The van der Waals surface area contributed by atoms with Crippen LogP contribution in [0.2, 0.25) is 0 Å². The number of aromatic nitrogens is 2. The number of aromatic amines is 1. The molecule has 126 valence electrons. The fourth-order valence-electron chi connectivity index (χ4n) is 3.11. The summed E-state index contributed by atoms with van der Waals surface area (Å²) in [7, 11) is -1.94. The number of nitrogens with one attached hydrogen (secondary N) is 3. The number of fused-ring (bicyclic) bond motifs is 1. The Morgan fingerprint density at radius 2 is 2.17 bits per heavy atom. The van der Waals surface area contributed by atoms with Gasteiger partial charge in [-0.2, -0.15) is 0 Å². The van der Waals surface area contributed by atoms with Crippen LogP contribution >= 0.6 is 0 Å². The van der Waals surface area contributed by atoms with E-state index in [9.17, 15) is 8.42 Å². The van der Waals surface area contributed by atoms with E-state index in [1.165, 1.54) is 6.20 Å². The quantitative estimate of drug-likeness (QED) is 0.726. The summed E-state index contributed by atoms with van der Waals surface area (Å²) in [4.78, 5) is 7.27. The Bertz CT molecular complexity index is 760. The Morgan fingerprint density at radius 3 is 2.91 bits per heavy atom. The topological polar surface area (TPSA) is 96.1 Å². The summed E-state index contributed by atoms with van der Waals surface area (Å²) in [6.45, 7) is 2.68. The average Bonchev–Trinajstić information content (AvgIpc) is 2.99.